The van der Waals surface area contributed by atoms with Crippen molar-refractivity contribution in [3.63, 3.8) is 0 Å². The van der Waals surface area contributed by atoms with Crippen LogP contribution in [0.25, 0.3) is 21.5 Å². The summed E-state index contributed by atoms with van der Waals surface area (Å²) < 4.78 is 61.9. The molecular formula is C21H14F3IO3S. The summed E-state index contributed by atoms with van der Waals surface area (Å²) in [6.45, 7) is 0. The number of hydrogen-bond donors (Lipinski definition) is 0. The van der Waals surface area contributed by atoms with E-state index in [-0.39, 0.29) is 21.2 Å². The van der Waals surface area contributed by atoms with Gasteiger partial charge in [0.2, 0.25) is 0 Å². The monoisotopic (exact) mass is 530 g/mol. The first-order chi connectivity index (χ1) is 13.6. The van der Waals surface area contributed by atoms with Crippen molar-refractivity contribution in [3.05, 3.63) is 92.1 Å². The van der Waals surface area contributed by atoms with Gasteiger partial charge in [-0.25, -0.2) is 8.42 Å². The predicted molar refractivity (Wildman–Crippen MR) is 101 cm³/mol. The Balaban J connectivity index is 0.000000258. The zero-order valence-electron chi connectivity index (χ0n) is 14.7. The predicted octanol–water partition coefficient (Wildman–Crippen LogP) is 2.17. The SMILES string of the molecule is O=S(=O)([O-])C(F)(F)F.c1ccc2cc([I+]c3ccc4ccccc4c3)ccc2c1. The van der Waals surface area contributed by atoms with Crippen LogP contribution in [0.15, 0.2) is 84.9 Å². The van der Waals surface area contributed by atoms with Gasteiger partial charge in [-0.15, -0.1) is 0 Å². The highest BCUT2D eigenvalue weighted by molar-refractivity contribution is 7.86. The molecule has 0 fully saturated rings. The molecule has 0 atom stereocenters. The normalized spacial score (nSPS) is 11.9. The minimum Gasteiger partial charge on any atom is -0.741 e. The summed E-state index contributed by atoms with van der Waals surface area (Å²) in [6.07, 6.45) is 0. The third-order valence-electron chi connectivity index (χ3n) is 3.92. The third-order valence-corrected chi connectivity index (χ3v) is 7.08. The lowest BCUT2D eigenvalue weighted by atomic mass is 10.1. The molecule has 8 heteroatoms. The van der Waals surface area contributed by atoms with E-state index in [1.165, 1.54) is 28.7 Å². The van der Waals surface area contributed by atoms with Gasteiger partial charge in [0, 0.05) is 0 Å². The van der Waals surface area contributed by atoms with Crippen LogP contribution in [0.4, 0.5) is 13.2 Å². The molecule has 150 valence electrons. The van der Waals surface area contributed by atoms with Crippen LogP contribution in [0.2, 0.25) is 0 Å². The Morgan fingerprint density at radius 3 is 1.34 bits per heavy atom. The topological polar surface area (TPSA) is 57.2 Å². The number of halogens is 4. The van der Waals surface area contributed by atoms with Gasteiger partial charge in [-0.2, -0.15) is 13.2 Å². The van der Waals surface area contributed by atoms with Gasteiger partial charge in [0.15, 0.2) is 17.3 Å². The van der Waals surface area contributed by atoms with Crippen molar-refractivity contribution in [2.24, 2.45) is 0 Å². The Morgan fingerprint density at radius 2 is 1.00 bits per heavy atom. The second kappa shape index (κ2) is 8.68. The summed E-state index contributed by atoms with van der Waals surface area (Å²) in [7, 11) is -6.09. The van der Waals surface area contributed by atoms with Gasteiger partial charge in [-0.05, 0) is 57.9 Å². The number of benzene rings is 4. The van der Waals surface area contributed by atoms with E-state index in [1.54, 1.807) is 0 Å². The third kappa shape index (κ3) is 5.68. The maximum Gasteiger partial charge on any atom is 0.485 e. The van der Waals surface area contributed by atoms with Gasteiger partial charge >= 0.3 is 26.7 Å². The minimum absolute atomic E-state index is 0.121. The Hall–Kier alpha value is -2.17. The van der Waals surface area contributed by atoms with Crippen LogP contribution in [0.5, 0.6) is 0 Å². The zero-order valence-corrected chi connectivity index (χ0v) is 17.7. The molecule has 0 bridgehead atoms. The highest BCUT2D eigenvalue weighted by atomic mass is 127. The lowest BCUT2D eigenvalue weighted by molar-refractivity contribution is -0.597. The fourth-order valence-corrected chi connectivity index (χ4v) is 4.98. The van der Waals surface area contributed by atoms with E-state index in [4.69, 9.17) is 13.0 Å². The van der Waals surface area contributed by atoms with E-state index in [0.717, 1.165) is 0 Å². The molecule has 0 unspecified atom stereocenters. The van der Waals surface area contributed by atoms with E-state index >= 15 is 0 Å². The van der Waals surface area contributed by atoms with Crippen molar-refractivity contribution in [1.29, 1.82) is 0 Å². The maximum absolute atomic E-state index is 10.7. The molecule has 0 spiro atoms. The molecule has 4 rings (SSSR count). The summed E-state index contributed by atoms with van der Waals surface area (Å²) in [5, 5.41) is 5.33. The van der Waals surface area contributed by atoms with E-state index in [9.17, 15) is 13.2 Å². The summed E-state index contributed by atoms with van der Waals surface area (Å²) >= 11 is -0.121. The van der Waals surface area contributed by atoms with Crippen LogP contribution >= 0.6 is 0 Å². The van der Waals surface area contributed by atoms with Crippen molar-refractivity contribution in [2.45, 2.75) is 5.51 Å². The lowest BCUT2D eigenvalue weighted by Gasteiger charge is -2.08. The van der Waals surface area contributed by atoms with Crippen LogP contribution in [0.3, 0.4) is 0 Å². The second-order valence-electron chi connectivity index (χ2n) is 5.98. The van der Waals surface area contributed by atoms with Gasteiger partial charge < -0.3 is 4.55 Å². The molecule has 4 aromatic carbocycles. The van der Waals surface area contributed by atoms with Crippen molar-refractivity contribution in [3.8, 4) is 0 Å². The molecule has 0 aliphatic carbocycles. The first-order valence-electron chi connectivity index (χ1n) is 8.28. The molecule has 0 aliphatic rings. The van der Waals surface area contributed by atoms with Gasteiger partial charge in [0.1, 0.15) is 0 Å². The Kier molecular flexibility index (Phi) is 6.45. The smallest absolute Gasteiger partial charge is 0.485 e. The molecule has 0 saturated heterocycles. The molecule has 0 heterocycles. The average Bonchev–Trinajstić information content (AvgIpc) is 2.67. The molecule has 3 nitrogen and oxygen atoms in total. The Bertz CT molecular complexity index is 1180. The summed E-state index contributed by atoms with van der Waals surface area (Å²) in [5.74, 6) is 0. The molecule has 0 aliphatic heterocycles. The molecule has 0 saturated carbocycles. The minimum atomic E-state index is -6.09. The molecule has 0 aromatic heterocycles. The molecular weight excluding hydrogens is 516 g/mol. The highest BCUT2D eigenvalue weighted by Gasteiger charge is 2.36. The fourth-order valence-electron chi connectivity index (χ4n) is 2.56. The number of hydrogen-bond acceptors (Lipinski definition) is 3. The van der Waals surface area contributed by atoms with Crippen molar-refractivity contribution < 1.29 is 47.3 Å². The van der Waals surface area contributed by atoms with Crippen LogP contribution in [0.1, 0.15) is 0 Å². The fraction of sp³-hybridized carbons (Fsp3) is 0.0476. The van der Waals surface area contributed by atoms with Crippen LogP contribution < -0.4 is 21.2 Å². The van der Waals surface area contributed by atoms with Gasteiger partial charge in [-0.3, -0.25) is 0 Å². The van der Waals surface area contributed by atoms with E-state index in [0.29, 0.717) is 0 Å². The highest BCUT2D eigenvalue weighted by Crippen LogP contribution is 2.20. The molecule has 0 amide bonds. The number of rotatable bonds is 2. The maximum atomic E-state index is 10.7. The van der Waals surface area contributed by atoms with Crippen LogP contribution in [-0.4, -0.2) is 18.5 Å². The standard InChI is InChI=1S/C20H14I.CHF3O3S/c1-3-7-17-13-19(11-9-15(17)5-1)21-20-12-10-16-6-2-4-8-18(16)14-20;2-1(3,4)8(5,6)7/h1-14H;(H,5,6,7)/q+1;/p-1. The molecule has 0 N–H and O–H groups in total. The number of alkyl halides is 3. The van der Waals surface area contributed by atoms with Crippen molar-refractivity contribution >= 4 is 31.7 Å². The molecule has 4 aromatic rings. The zero-order chi connectivity index (χ0) is 21.1. The summed E-state index contributed by atoms with van der Waals surface area (Å²) in [5.41, 5.74) is -5.65. The van der Waals surface area contributed by atoms with Crippen LogP contribution in [0, 0.1) is 7.14 Å². The lowest BCUT2D eigenvalue weighted by Crippen LogP contribution is -3.61. The average molecular weight is 530 g/mol. The summed E-state index contributed by atoms with van der Waals surface area (Å²) in [6, 6.07) is 30.9. The number of fused-ring (bicyclic) bond motifs is 2. The van der Waals surface area contributed by atoms with Gasteiger partial charge in [0.25, 0.3) is 0 Å². The van der Waals surface area contributed by atoms with Crippen molar-refractivity contribution in [1.82, 2.24) is 0 Å². The van der Waals surface area contributed by atoms with Crippen molar-refractivity contribution in [2.75, 3.05) is 0 Å². The largest absolute Gasteiger partial charge is 0.741 e. The first kappa shape index (κ1) is 21.5. The quantitative estimate of drug-likeness (QED) is 0.227. The Labute approximate surface area is 176 Å². The molecule has 0 radical (unpaired) electrons. The van der Waals surface area contributed by atoms with E-state index in [1.807, 2.05) is 0 Å². The van der Waals surface area contributed by atoms with Gasteiger partial charge in [-0.1, -0.05) is 48.5 Å². The Morgan fingerprint density at radius 1 is 0.655 bits per heavy atom. The van der Waals surface area contributed by atoms with Crippen LogP contribution in [-0.2, 0) is 10.1 Å². The van der Waals surface area contributed by atoms with E-state index in [2.05, 4.69) is 84.9 Å². The summed E-state index contributed by atoms with van der Waals surface area (Å²) in [4.78, 5) is 0. The molecule has 29 heavy (non-hydrogen) atoms. The first-order valence-corrected chi connectivity index (χ1v) is 11.8. The van der Waals surface area contributed by atoms with E-state index < -0.39 is 15.6 Å². The second-order valence-corrected chi connectivity index (χ2v) is 10.4. The van der Waals surface area contributed by atoms with Gasteiger partial charge in [0.05, 0.1) is 0 Å².